The van der Waals surface area contributed by atoms with Crippen molar-refractivity contribution in [2.75, 3.05) is 0 Å². The molecule has 10 heavy (non-hydrogen) atoms. The standard InChI is InChI=1S/C4H7NO4S/c1-3(2-5)4(6)9-10(7)8/h2H,5H2,1H3,(H,7,8). The van der Waals surface area contributed by atoms with Crippen molar-refractivity contribution in [3.8, 4) is 0 Å². The Morgan fingerprint density at radius 3 is 2.60 bits per heavy atom. The van der Waals surface area contributed by atoms with E-state index in [1.807, 2.05) is 0 Å². The van der Waals surface area contributed by atoms with Gasteiger partial charge in [-0.2, -0.15) is 4.21 Å². The van der Waals surface area contributed by atoms with E-state index < -0.39 is 17.3 Å². The molecule has 0 radical (unpaired) electrons. The van der Waals surface area contributed by atoms with E-state index in [1.54, 1.807) is 0 Å². The second-order valence-electron chi connectivity index (χ2n) is 1.44. The van der Waals surface area contributed by atoms with Gasteiger partial charge in [0.15, 0.2) is 0 Å². The quantitative estimate of drug-likeness (QED) is 0.426. The van der Waals surface area contributed by atoms with E-state index in [0.717, 1.165) is 6.20 Å². The van der Waals surface area contributed by atoms with Crippen molar-refractivity contribution >= 4 is 17.3 Å². The van der Waals surface area contributed by atoms with Gasteiger partial charge in [0.1, 0.15) is 0 Å². The third-order valence-electron chi connectivity index (χ3n) is 0.719. The maximum absolute atomic E-state index is 10.5. The summed E-state index contributed by atoms with van der Waals surface area (Å²) in [7, 11) is 0. The molecule has 0 spiro atoms. The summed E-state index contributed by atoms with van der Waals surface area (Å²) in [5.41, 5.74) is 4.99. The molecule has 0 aromatic heterocycles. The second kappa shape index (κ2) is 4.02. The lowest BCUT2D eigenvalue weighted by atomic mass is 10.3. The van der Waals surface area contributed by atoms with Crippen molar-refractivity contribution in [1.29, 1.82) is 0 Å². The topological polar surface area (TPSA) is 89.6 Å². The minimum atomic E-state index is -2.56. The molecule has 1 atom stereocenters. The van der Waals surface area contributed by atoms with Crippen LogP contribution in [0, 0.1) is 0 Å². The van der Waals surface area contributed by atoms with Gasteiger partial charge in [-0.1, -0.05) is 0 Å². The molecule has 0 aromatic rings. The van der Waals surface area contributed by atoms with Crippen molar-refractivity contribution in [2.45, 2.75) is 6.92 Å². The highest BCUT2D eigenvalue weighted by Crippen LogP contribution is 1.94. The van der Waals surface area contributed by atoms with E-state index in [1.165, 1.54) is 6.92 Å². The van der Waals surface area contributed by atoms with Gasteiger partial charge in [0.05, 0.1) is 5.57 Å². The summed E-state index contributed by atoms with van der Waals surface area (Å²) >= 11 is -2.56. The van der Waals surface area contributed by atoms with Gasteiger partial charge in [-0.3, -0.25) is 4.55 Å². The normalized spacial score (nSPS) is 14.4. The maximum atomic E-state index is 10.5. The maximum Gasteiger partial charge on any atom is 0.360 e. The van der Waals surface area contributed by atoms with E-state index in [9.17, 15) is 9.00 Å². The fourth-order valence-electron chi connectivity index (χ4n) is 0.199. The zero-order valence-electron chi connectivity index (χ0n) is 5.23. The van der Waals surface area contributed by atoms with Crippen LogP contribution in [0.2, 0.25) is 0 Å². The van der Waals surface area contributed by atoms with Gasteiger partial charge in [-0.15, -0.1) is 0 Å². The van der Waals surface area contributed by atoms with Crippen LogP contribution in [0.1, 0.15) is 6.92 Å². The number of hydrogen-bond donors (Lipinski definition) is 2. The van der Waals surface area contributed by atoms with Gasteiger partial charge in [0.2, 0.25) is 0 Å². The molecule has 1 unspecified atom stereocenters. The lowest BCUT2D eigenvalue weighted by Crippen LogP contribution is -2.08. The number of carbonyl (C=O) groups excluding carboxylic acids is 1. The highest BCUT2D eigenvalue weighted by Gasteiger charge is 2.07. The van der Waals surface area contributed by atoms with Crippen LogP contribution in [-0.2, 0) is 20.3 Å². The molecule has 0 aliphatic rings. The number of hydrogen-bond acceptors (Lipinski definition) is 4. The number of carbonyl (C=O) groups is 1. The molecule has 5 nitrogen and oxygen atoms in total. The molecular formula is C4H7NO4S. The predicted molar refractivity (Wildman–Crippen MR) is 34.8 cm³/mol. The molecule has 0 fully saturated rings. The molecule has 0 amide bonds. The lowest BCUT2D eigenvalue weighted by Gasteiger charge is -1.95. The largest absolute Gasteiger partial charge is 0.404 e. The fraction of sp³-hybridized carbons (Fsp3) is 0.250. The number of nitrogens with two attached hydrogens (primary N) is 1. The van der Waals surface area contributed by atoms with Crippen LogP contribution in [0.3, 0.4) is 0 Å². The first-order valence-corrected chi connectivity index (χ1v) is 3.33. The van der Waals surface area contributed by atoms with Crippen molar-refractivity contribution in [3.05, 3.63) is 11.8 Å². The van der Waals surface area contributed by atoms with E-state index in [-0.39, 0.29) is 5.57 Å². The Bertz CT molecular complexity index is 188. The predicted octanol–water partition coefficient (Wildman–Crippen LogP) is -0.471. The SMILES string of the molecule is CC(=CN)C(=O)OS(=O)O. The van der Waals surface area contributed by atoms with Crippen LogP contribution >= 0.6 is 0 Å². The van der Waals surface area contributed by atoms with Gasteiger partial charge in [0.25, 0.3) is 0 Å². The summed E-state index contributed by atoms with van der Waals surface area (Å²) in [6.45, 7) is 1.37. The third kappa shape index (κ3) is 3.21. The first-order valence-electron chi connectivity index (χ1n) is 2.30. The van der Waals surface area contributed by atoms with Gasteiger partial charge in [0, 0.05) is 6.20 Å². The molecule has 0 aliphatic carbocycles. The minimum absolute atomic E-state index is 0.0856. The van der Waals surface area contributed by atoms with Gasteiger partial charge in [-0.05, 0) is 6.92 Å². The molecule has 0 saturated carbocycles. The zero-order chi connectivity index (χ0) is 8.15. The fourth-order valence-corrected chi connectivity index (χ4v) is 0.459. The van der Waals surface area contributed by atoms with Crippen LogP contribution in [0.15, 0.2) is 11.8 Å². The summed E-state index contributed by atoms with van der Waals surface area (Å²) < 4.78 is 21.7. The van der Waals surface area contributed by atoms with Crippen LogP contribution in [0.5, 0.6) is 0 Å². The van der Waals surface area contributed by atoms with Crippen molar-refractivity contribution in [1.82, 2.24) is 0 Å². The molecule has 0 heterocycles. The molecule has 58 valence electrons. The molecule has 0 saturated heterocycles. The molecule has 6 heteroatoms. The minimum Gasteiger partial charge on any atom is -0.404 e. The number of rotatable bonds is 2. The summed E-state index contributed by atoms with van der Waals surface area (Å²) in [5, 5.41) is 0. The van der Waals surface area contributed by atoms with Gasteiger partial charge in [-0.25, -0.2) is 4.79 Å². The van der Waals surface area contributed by atoms with Crippen molar-refractivity contribution < 1.29 is 17.7 Å². The average molecular weight is 165 g/mol. The van der Waals surface area contributed by atoms with Crippen molar-refractivity contribution in [3.63, 3.8) is 0 Å². The van der Waals surface area contributed by atoms with E-state index in [4.69, 9.17) is 10.3 Å². The Morgan fingerprint density at radius 2 is 2.30 bits per heavy atom. The van der Waals surface area contributed by atoms with E-state index in [0.29, 0.717) is 0 Å². The highest BCUT2D eigenvalue weighted by atomic mass is 32.2. The van der Waals surface area contributed by atoms with Gasteiger partial charge >= 0.3 is 17.3 Å². The monoisotopic (exact) mass is 165 g/mol. The molecule has 3 N–H and O–H groups in total. The first-order chi connectivity index (χ1) is 4.57. The zero-order valence-corrected chi connectivity index (χ0v) is 6.05. The molecule has 0 bridgehead atoms. The first kappa shape index (κ1) is 9.12. The lowest BCUT2D eigenvalue weighted by molar-refractivity contribution is -0.129. The summed E-state index contributed by atoms with van der Waals surface area (Å²) in [6.07, 6.45) is 0.995. The average Bonchev–Trinajstić information content (AvgIpc) is 1.85. The van der Waals surface area contributed by atoms with Crippen molar-refractivity contribution in [2.24, 2.45) is 5.73 Å². The summed E-state index contributed by atoms with van der Waals surface area (Å²) in [6, 6.07) is 0. The Labute approximate surface area is 60.3 Å². The molecule has 0 aromatic carbocycles. The van der Waals surface area contributed by atoms with Gasteiger partial charge < -0.3 is 9.92 Å². The van der Waals surface area contributed by atoms with E-state index in [2.05, 4.69) is 4.18 Å². The summed E-state index contributed by atoms with van der Waals surface area (Å²) in [4.78, 5) is 10.5. The Kier molecular flexibility index (Phi) is 3.67. The molecule has 0 rings (SSSR count). The second-order valence-corrected chi connectivity index (χ2v) is 2.04. The summed E-state index contributed by atoms with van der Waals surface area (Å²) in [5.74, 6) is -0.900. The third-order valence-corrected chi connectivity index (χ3v) is 1.01. The molecule has 0 aliphatic heterocycles. The Balaban J connectivity index is 3.99. The van der Waals surface area contributed by atoms with Crippen LogP contribution in [0.25, 0.3) is 0 Å². The molecular weight excluding hydrogens is 158 g/mol. The van der Waals surface area contributed by atoms with Crippen LogP contribution in [-0.4, -0.2) is 14.7 Å². The Hall–Kier alpha value is -0.880. The van der Waals surface area contributed by atoms with E-state index >= 15 is 0 Å². The van der Waals surface area contributed by atoms with Crippen LogP contribution in [0.4, 0.5) is 0 Å². The van der Waals surface area contributed by atoms with Crippen LogP contribution < -0.4 is 5.73 Å². The smallest absolute Gasteiger partial charge is 0.360 e. The highest BCUT2D eigenvalue weighted by molar-refractivity contribution is 7.74. The Morgan fingerprint density at radius 1 is 1.80 bits per heavy atom.